The van der Waals surface area contributed by atoms with Gasteiger partial charge in [0.05, 0.1) is 41.2 Å². The Morgan fingerprint density at radius 1 is 1.27 bits per heavy atom. The predicted octanol–water partition coefficient (Wildman–Crippen LogP) is 5.01. The molecule has 3 N–H and O–H groups in total. The number of hydrogen-bond donors (Lipinski definition) is 3. The number of anilines is 2. The van der Waals surface area contributed by atoms with E-state index in [1.54, 1.807) is 6.21 Å². The third kappa shape index (κ3) is 8.11. The Labute approximate surface area is 247 Å². The van der Waals surface area contributed by atoms with Crippen molar-refractivity contribution in [3.8, 4) is 17.6 Å². The third-order valence-corrected chi connectivity index (χ3v) is 7.53. The molecule has 2 heterocycles. The highest BCUT2D eigenvalue weighted by molar-refractivity contribution is 6.32. The van der Waals surface area contributed by atoms with E-state index in [-0.39, 0.29) is 11.9 Å². The summed E-state index contributed by atoms with van der Waals surface area (Å²) >= 11 is 6.62. The quantitative estimate of drug-likeness (QED) is 0.321. The molecule has 1 saturated heterocycles. The van der Waals surface area contributed by atoms with Gasteiger partial charge in [0.15, 0.2) is 0 Å². The van der Waals surface area contributed by atoms with E-state index in [2.05, 4.69) is 32.1 Å². The summed E-state index contributed by atoms with van der Waals surface area (Å²) in [6.07, 6.45) is 4.94. The average molecular weight is 582 g/mol. The van der Waals surface area contributed by atoms with Crippen molar-refractivity contribution in [3.63, 3.8) is 0 Å². The van der Waals surface area contributed by atoms with Gasteiger partial charge in [-0.05, 0) is 71.1 Å². The Bertz CT molecular complexity index is 1280. The molecule has 220 valence electrons. The van der Waals surface area contributed by atoms with Crippen molar-refractivity contribution in [2.75, 3.05) is 58.1 Å². The van der Waals surface area contributed by atoms with Crippen LogP contribution in [0.25, 0.3) is 0 Å². The Morgan fingerprint density at radius 3 is 2.80 bits per heavy atom. The van der Waals surface area contributed by atoms with Crippen LogP contribution in [0.4, 0.5) is 17.1 Å². The molecule has 3 unspecified atom stereocenters. The number of halogens is 1. The Kier molecular flexibility index (Phi) is 10.8. The van der Waals surface area contributed by atoms with E-state index in [9.17, 15) is 10.1 Å². The maximum absolute atomic E-state index is 12.7. The maximum Gasteiger partial charge on any atom is 0.224 e. The summed E-state index contributed by atoms with van der Waals surface area (Å²) in [5.41, 5.74) is 6.10. The molecule has 0 radical (unpaired) electrons. The van der Waals surface area contributed by atoms with E-state index in [4.69, 9.17) is 21.1 Å². The molecular formula is C30H40ClN7O3. The highest BCUT2D eigenvalue weighted by Crippen LogP contribution is 2.43. The standard InChI is InChI=1S/C30H40ClN7O3/c1-5-40-28-16-25-23(15-26(28)36-29(39)9-7-13-37(2)3)30(20(17-32)18-33-25)35-21-10-11-27(24(31)14-21)41-19-22-8-6-12-34-38(22)4/h10-11,14-16,18,20,22,30,34-35H,5-9,12-13,19H2,1-4H3,(H,36,39). The summed E-state index contributed by atoms with van der Waals surface area (Å²) in [6.45, 7) is 4.66. The summed E-state index contributed by atoms with van der Waals surface area (Å²) in [5.74, 6) is 0.528. The summed E-state index contributed by atoms with van der Waals surface area (Å²) in [6, 6.07) is 11.4. The molecule has 41 heavy (non-hydrogen) atoms. The fraction of sp³-hybridized carbons (Fsp3) is 0.500. The van der Waals surface area contributed by atoms with Gasteiger partial charge in [-0.1, -0.05) is 11.6 Å². The van der Waals surface area contributed by atoms with Gasteiger partial charge in [-0.3, -0.25) is 15.2 Å². The first-order chi connectivity index (χ1) is 19.8. The topological polar surface area (TPSA) is 114 Å². The molecule has 0 aromatic heterocycles. The molecule has 11 heteroatoms. The molecule has 0 saturated carbocycles. The van der Waals surface area contributed by atoms with E-state index >= 15 is 0 Å². The number of rotatable bonds is 12. The minimum absolute atomic E-state index is 0.0917. The zero-order valence-electron chi connectivity index (χ0n) is 24.2. The van der Waals surface area contributed by atoms with Gasteiger partial charge in [0, 0.05) is 43.5 Å². The average Bonchev–Trinajstić information content (AvgIpc) is 2.94. The van der Waals surface area contributed by atoms with Crippen LogP contribution in [0, 0.1) is 17.2 Å². The normalized spacial score (nSPS) is 20.3. The molecule has 10 nitrogen and oxygen atoms in total. The number of hydrazine groups is 1. The number of fused-ring (bicyclic) bond motifs is 1. The van der Waals surface area contributed by atoms with E-state index in [0.29, 0.717) is 47.5 Å². The predicted molar refractivity (Wildman–Crippen MR) is 163 cm³/mol. The molecule has 0 bridgehead atoms. The van der Waals surface area contributed by atoms with Crippen LogP contribution < -0.4 is 25.5 Å². The molecule has 2 aliphatic heterocycles. The molecule has 3 atom stereocenters. The van der Waals surface area contributed by atoms with Crippen molar-refractivity contribution in [2.24, 2.45) is 10.9 Å². The van der Waals surface area contributed by atoms with E-state index in [0.717, 1.165) is 43.6 Å². The minimum Gasteiger partial charge on any atom is -0.492 e. The lowest BCUT2D eigenvalue weighted by Crippen LogP contribution is -2.49. The van der Waals surface area contributed by atoms with Crippen LogP contribution in [0.5, 0.6) is 11.5 Å². The minimum atomic E-state index is -0.534. The number of amides is 1. The van der Waals surface area contributed by atoms with E-state index in [1.807, 2.05) is 63.3 Å². The first kappa shape index (κ1) is 30.6. The fourth-order valence-corrected chi connectivity index (χ4v) is 5.22. The van der Waals surface area contributed by atoms with Crippen molar-refractivity contribution in [1.29, 1.82) is 5.26 Å². The van der Waals surface area contributed by atoms with Crippen molar-refractivity contribution >= 4 is 40.8 Å². The number of likely N-dealkylation sites (N-methyl/N-ethyl adjacent to an activating group) is 1. The Hall–Kier alpha value is -3.36. The van der Waals surface area contributed by atoms with Gasteiger partial charge in [-0.25, -0.2) is 5.01 Å². The van der Waals surface area contributed by atoms with E-state index in [1.165, 1.54) is 0 Å². The first-order valence-corrected chi connectivity index (χ1v) is 14.5. The summed E-state index contributed by atoms with van der Waals surface area (Å²) in [7, 11) is 5.99. The lowest BCUT2D eigenvalue weighted by atomic mass is 9.90. The van der Waals surface area contributed by atoms with E-state index < -0.39 is 12.0 Å². The summed E-state index contributed by atoms with van der Waals surface area (Å²) in [5, 5.41) is 19.0. The van der Waals surface area contributed by atoms with Crippen molar-refractivity contribution < 1.29 is 14.3 Å². The zero-order valence-corrected chi connectivity index (χ0v) is 25.0. The smallest absolute Gasteiger partial charge is 0.224 e. The SMILES string of the molecule is CCOc1cc2c(cc1NC(=O)CCCN(C)C)C(Nc1ccc(OCC3CCCNN3C)c(Cl)c1)C(C#N)C=N2. The van der Waals surface area contributed by atoms with Gasteiger partial charge < -0.3 is 25.0 Å². The number of carbonyl (C=O) groups is 1. The number of hydrogen-bond acceptors (Lipinski definition) is 9. The number of carbonyl (C=O) groups excluding carboxylic acids is 1. The molecule has 4 rings (SSSR count). The Morgan fingerprint density at radius 2 is 2.10 bits per heavy atom. The number of nitrogens with one attached hydrogen (secondary N) is 3. The van der Waals surface area contributed by atoms with Gasteiger partial charge in [0.1, 0.15) is 24.0 Å². The lowest BCUT2D eigenvalue weighted by molar-refractivity contribution is -0.116. The molecule has 1 amide bonds. The van der Waals surface area contributed by atoms with Crippen molar-refractivity contribution in [1.82, 2.24) is 15.3 Å². The third-order valence-electron chi connectivity index (χ3n) is 7.24. The fourth-order valence-electron chi connectivity index (χ4n) is 4.99. The van der Waals surface area contributed by atoms with Gasteiger partial charge in [-0.2, -0.15) is 5.26 Å². The van der Waals surface area contributed by atoms with Crippen LogP contribution in [-0.4, -0.2) is 75.5 Å². The monoisotopic (exact) mass is 581 g/mol. The largest absolute Gasteiger partial charge is 0.492 e. The van der Waals surface area contributed by atoms with Crippen LogP contribution in [0.3, 0.4) is 0 Å². The molecule has 2 aromatic carbocycles. The summed E-state index contributed by atoms with van der Waals surface area (Å²) < 4.78 is 11.9. The Balaban J connectivity index is 1.53. The second-order valence-electron chi connectivity index (χ2n) is 10.6. The highest BCUT2D eigenvalue weighted by Gasteiger charge is 2.30. The molecule has 2 aliphatic rings. The zero-order chi connectivity index (χ0) is 29.4. The van der Waals surface area contributed by atoms with Gasteiger partial charge >= 0.3 is 0 Å². The van der Waals surface area contributed by atoms with Crippen molar-refractivity contribution in [3.05, 3.63) is 40.9 Å². The van der Waals surface area contributed by atoms with Crippen LogP contribution in [0.15, 0.2) is 35.3 Å². The first-order valence-electron chi connectivity index (χ1n) is 14.1. The highest BCUT2D eigenvalue weighted by atomic mass is 35.5. The molecular weight excluding hydrogens is 542 g/mol. The van der Waals surface area contributed by atoms with Crippen LogP contribution in [-0.2, 0) is 4.79 Å². The maximum atomic E-state index is 12.7. The lowest BCUT2D eigenvalue weighted by Gasteiger charge is -2.33. The number of ether oxygens (including phenoxy) is 2. The molecule has 0 spiro atoms. The van der Waals surface area contributed by atoms with Gasteiger partial charge in [0.25, 0.3) is 0 Å². The molecule has 0 aliphatic carbocycles. The second-order valence-corrected chi connectivity index (χ2v) is 11.0. The van der Waals surface area contributed by atoms with Crippen LogP contribution in [0.2, 0.25) is 5.02 Å². The number of nitriles is 1. The van der Waals surface area contributed by atoms with Crippen LogP contribution in [0.1, 0.15) is 44.2 Å². The van der Waals surface area contributed by atoms with Crippen LogP contribution >= 0.6 is 11.6 Å². The second kappa shape index (κ2) is 14.5. The molecule has 1 fully saturated rings. The number of benzene rings is 2. The van der Waals surface area contributed by atoms with Gasteiger partial charge in [-0.15, -0.1) is 0 Å². The van der Waals surface area contributed by atoms with Gasteiger partial charge in [0.2, 0.25) is 5.91 Å². The number of aliphatic imine (C=N–C) groups is 1. The molecule has 2 aromatic rings. The summed E-state index contributed by atoms with van der Waals surface area (Å²) in [4.78, 5) is 19.3. The van der Waals surface area contributed by atoms with Crippen molar-refractivity contribution in [2.45, 2.75) is 44.7 Å². The number of nitrogens with zero attached hydrogens (tertiary/aromatic N) is 4.